The first-order chi connectivity index (χ1) is 7.18. The Bertz CT molecular complexity index is 304. The van der Waals surface area contributed by atoms with Gasteiger partial charge in [-0.3, -0.25) is 0 Å². The molecule has 2 rings (SSSR count). The molecule has 15 heavy (non-hydrogen) atoms. The van der Waals surface area contributed by atoms with E-state index in [1.165, 1.54) is 5.56 Å². The molecule has 82 valence electrons. The third-order valence-electron chi connectivity index (χ3n) is 3.03. The van der Waals surface area contributed by atoms with Crippen LogP contribution in [0.2, 0.25) is 0 Å². The van der Waals surface area contributed by atoms with Gasteiger partial charge in [0, 0.05) is 12.0 Å². The fourth-order valence-electron chi connectivity index (χ4n) is 1.74. The summed E-state index contributed by atoms with van der Waals surface area (Å²) < 4.78 is 5.14. The number of hydrogen-bond donors (Lipinski definition) is 1. The maximum Gasteiger partial charge on any atom is 0.0643 e. The average Bonchev–Trinajstić information content (AvgIpc) is 2.16. The second-order valence-electron chi connectivity index (χ2n) is 4.87. The Hall–Kier alpha value is -0.860. The fraction of sp³-hybridized carbons (Fsp3) is 0.538. The van der Waals surface area contributed by atoms with Crippen LogP contribution < -0.4 is 5.32 Å². The lowest BCUT2D eigenvalue weighted by molar-refractivity contribution is -0.00671. The highest BCUT2D eigenvalue weighted by Crippen LogP contribution is 2.22. The van der Waals surface area contributed by atoms with Crippen LogP contribution in [0.5, 0.6) is 0 Å². The molecule has 0 spiro atoms. The summed E-state index contributed by atoms with van der Waals surface area (Å²) in [5.74, 6) is 0. The Morgan fingerprint density at radius 1 is 1.27 bits per heavy atom. The van der Waals surface area contributed by atoms with E-state index >= 15 is 0 Å². The molecule has 0 bridgehead atoms. The first-order valence-electron chi connectivity index (χ1n) is 5.55. The van der Waals surface area contributed by atoms with Gasteiger partial charge in [-0.25, -0.2) is 0 Å². The summed E-state index contributed by atoms with van der Waals surface area (Å²) in [7, 11) is 0. The van der Waals surface area contributed by atoms with Crippen molar-refractivity contribution in [2.75, 3.05) is 19.8 Å². The third kappa shape index (κ3) is 2.58. The molecule has 1 heterocycles. The van der Waals surface area contributed by atoms with Crippen LogP contribution in [-0.4, -0.2) is 25.8 Å². The van der Waals surface area contributed by atoms with Crippen molar-refractivity contribution in [2.45, 2.75) is 25.3 Å². The highest BCUT2D eigenvalue weighted by Gasteiger charge is 2.24. The van der Waals surface area contributed by atoms with E-state index in [2.05, 4.69) is 49.5 Å². The molecule has 0 aliphatic carbocycles. The minimum Gasteiger partial charge on any atom is -0.378 e. The maximum absolute atomic E-state index is 5.14. The van der Waals surface area contributed by atoms with Gasteiger partial charge in [0.15, 0.2) is 0 Å². The van der Waals surface area contributed by atoms with Crippen molar-refractivity contribution in [3.8, 4) is 0 Å². The third-order valence-corrected chi connectivity index (χ3v) is 3.03. The number of rotatable bonds is 4. The zero-order valence-corrected chi connectivity index (χ0v) is 9.49. The van der Waals surface area contributed by atoms with E-state index in [4.69, 9.17) is 4.74 Å². The molecule has 1 aliphatic heterocycles. The highest BCUT2D eigenvalue weighted by atomic mass is 16.5. The Morgan fingerprint density at radius 2 is 1.93 bits per heavy atom. The highest BCUT2D eigenvalue weighted by molar-refractivity contribution is 5.23. The van der Waals surface area contributed by atoms with E-state index in [1.54, 1.807) is 0 Å². The van der Waals surface area contributed by atoms with E-state index in [9.17, 15) is 0 Å². The Morgan fingerprint density at radius 3 is 2.47 bits per heavy atom. The molecule has 0 unspecified atom stereocenters. The predicted molar refractivity (Wildman–Crippen MR) is 62.1 cm³/mol. The molecule has 0 radical (unpaired) electrons. The molecule has 0 saturated carbocycles. The van der Waals surface area contributed by atoms with E-state index in [1.807, 2.05) is 0 Å². The maximum atomic E-state index is 5.14. The molecule has 0 aromatic heterocycles. The second kappa shape index (κ2) is 4.33. The normalized spacial score (nSPS) is 17.5. The van der Waals surface area contributed by atoms with E-state index in [0.717, 1.165) is 19.8 Å². The predicted octanol–water partition coefficient (Wildman–Crippen LogP) is 1.95. The smallest absolute Gasteiger partial charge is 0.0643 e. The van der Waals surface area contributed by atoms with Crippen LogP contribution in [0.3, 0.4) is 0 Å². The zero-order chi connectivity index (χ0) is 10.7. The van der Waals surface area contributed by atoms with Crippen LogP contribution in [0.1, 0.15) is 19.4 Å². The standard InChI is InChI=1S/C13H19NO/c1-13(2,10-14-12-8-15-9-12)11-6-4-3-5-7-11/h3-7,12,14H,8-10H2,1-2H3. The number of benzene rings is 1. The molecular formula is C13H19NO. The first-order valence-corrected chi connectivity index (χ1v) is 5.55. The Labute approximate surface area is 91.6 Å². The summed E-state index contributed by atoms with van der Waals surface area (Å²) >= 11 is 0. The SMILES string of the molecule is CC(C)(CNC1COC1)c1ccccc1. The molecule has 2 heteroatoms. The molecule has 1 N–H and O–H groups in total. The van der Waals surface area contributed by atoms with Crippen LogP contribution >= 0.6 is 0 Å². The van der Waals surface area contributed by atoms with E-state index in [-0.39, 0.29) is 5.41 Å². The summed E-state index contributed by atoms with van der Waals surface area (Å²) in [5, 5.41) is 3.53. The lowest BCUT2D eigenvalue weighted by Crippen LogP contribution is -2.49. The second-order valence-corrected chi connectivity index (χ2v) is 4.87. The lowest BCUT2D eigenvalue weighted by Gasteiger charge is -2.32. The van der Waals surface area contributed by atoms with Crippen LogP contribution in [-0.2, 0) is 10.2 Å². The monoisotopic (exact) mass is 205 g/mol. The summed E-state index contributed by atoms with van der Waals surface area (Å²) in [6.07, 6.45) is 0. The topological polar surface area (TPSA) is 21.3 Å². The fourth-order valence-corrected chi connectivity index (χ4v) is 1.74. The number of hydrogen-bond acceptors (Lipinski definition) is 2. The van der Waals surface area contributed by atoms with Gasteiger partial charge in [0.05, 0.1) is 19.3 Å². The van der Waals surface area contributed by atoms with Crippen molar-refractivity contribution in [2.24, 2.45) is 0 Å². The van der Waals surface area contributed by atoms with Gasteiger partial charge in [0.2, 0.25) is 0 Å². The molecule has 0 amide bonds. The lowest BCUT2D eigenvalue weighted by atomic mass is 9.84. The molecular weight excluding hydrogens is 186 g/mol. The first kappa shape index (κ1) is 10.7. The van der Waals surface area contributed by atoms with Crippen molar-refractivity contribution in [1.82, 2.24) is 5.32 Å². The van der Waals surface area contributed by atoms with E-state index in [0.29, 0.717) is 6.04 Å². The zero-order valence-electron chi connectivity index (χ0n) is 9.49. The van der Waals surface area contributed by atoms with Crippen LogP contribution in [0, 0.1) is 0 Å². The van der Waals surface area contributed by atoms with Gasteiger partial charge in [-0.1, -0.05) is 44.2 Å². The summed E-state index contributed by atoms with van der Waals surface area (Å²) in [5.41, 5.74) is 1.58. The van der Waals surface area contributed by atoms with Gasteiger partial charge in [0.25, 0.3) is 0 Å². The Kier molecular flexibility index (Phi) is 3.08. The average molecular weight is 205 g/mol. The molecule has 1 saturated heterocycles. The van der Waals surface area contributed by atoms with Gasteiger partial charge < -0.3 is 10.1 Å². The summed E-state index contributed by atoms with van der Waals surface area (Å²) in [4.78, 5) is 0. The van der Waals surface area contributed by atoms with Crippen LogP contribution in [0.15, 0.2) is 30.3 Å². The van der Waals surface area contributed by atoms with Crippen LogP contribution in [0.4, 0.5) is 0 Å². The molecule has 1 aromatic rings. The van der Waals surface area contributed by atoms with Crippen molar-refractivity contribution in [1.29, 1.82) is 0 Å². The molecule has 0 atom stereocenters. The van der Waals surface area contributed by atoms with Crippen molar-refractivity contribution in [3.05, 3.63) is 35.9 Å². The minimum absolute atomic E-state index is 0.191. The molecule has 1 aliphatic rings. The van der Waals surface area contributed by atoms with Gasteiger partial charge >= 0.3 is 0 Å². The van der Waals surface area contributed by atoms with Crippen molar-refractivity contribution >= 4 is 0 Å². The molecule has 2 nitrogen and oxygen atoms in total. The quantitative estimate of drug-likeness (QED) is 0.811. The van der Waals surface area contributed by atoms with Gasteiger partial charge in [-0.2, -0.15) is 0 Å². The van der Waals surface area contributed by atoms with Crippen molar-refractivity contribution in [3.63, 3.8) is 0 Å². The molecule has 1 aromatic carbocycles. The number of nitrogens with one attached hydrogen (secondary N) is 1. The minimum atomic E-state index is 0.191. The van der Waals surface area contributed by atoms with Gasteiger partial charge in [0.1, 0.15) is 0 Å². The van der Waals surface area contributed by atoms with Crippen molar-refractivity contribution < 1.29 is 4.74 Å². The number of ether oxygens (including phenoxy) is 1. The van der Waals surface area contributed by atoms with Crippen LogP contribution in [0.25, 0.3) is 0 Å². The Balaban J connectivity index is 1.93. The largest absolute Gasteiger partial charge is 0.378 e. The van der Waals surface area contributed by atoms with E-state index < -0.39 is 0 Å². The summed E-state index contributed by atoms with van der Waals surface area (Å²) in [6.45, 7) is 7.28. The van der Waals surface area contributed by atoms with Gasteiger partial charge in [-0.15, -0.1) is 0 Å². The van der Waals surface area contributed by atoms with Gasteiger partial charge in [-0.05, 0) is 5.56 Å². The summed E-state index contributed by atoms with van der Waals surface area (Å²) in [6, 6.07) is 11.2. The molecule has 1 fully saturated rings.